The van der Waals surface area contributed by atoms with Crippen molar-refractivity contribution in [2.24, 2.45) is 5.92 Å². The number of hydrogen-bond acceptors (Lipinski definition) is 3. The SMILES string of the molecule is Cc1ccc(N(C)CC2CCN(C)CC2)cc1N. The third-order valence-corrected chi connectivity index (χ3v) is 4.07. The molecule has 1 aliphatic heterocycles. The fraction of sp³-hybridized carbons (Fsp3) is 0.600. The van der Waals surface area contributed by atoms with Crippen molar-refractivity contribution in [1.82, 2.24) is 4.90 Å². The molecule has 3 heteroatoms. The van der Waals surface area contributed by atoms with Crippen molar-refractivity contribution in [1.29, 1.82) is 0 Å². The molecule has 0 spiro atoms. The number of anilines is 2. The Morgan fingerprint density at radius 2 is 2.00 bits per heavy atom. The molecule has 0 amide bonds. The molecule has 1 fully saturated rings. The molecule has 2 rings (SSSR count). The Kier molecular flexibility index (Phi) is 4.12. The number of nitrogens with zero attached hydrogens (tertiary/aromatic N) is 2. The van der Waals surface area contributed by atoms with E-state index in [1.807, 2.05) is 0 Å². The highest BCUT2D eigenvalue weighted by Gasteiger charge is 2.18. The molecule has 1 heterocycles. The first-order valence-corrected chi connectivity index (χ1v) is 6.82. The van der Waals surface area contributed by atoms with Crippen LogP contribution in [0.2, 0.25) is 0 Å². The average Bonchev–Trinajstić information content (AvgIpc) is 2.35. The monoisotopic (exact) mass is 247 g/mol. The molecule has 0 aliphatic carbocycles. The normalized spacial score (nSPS) is 17.9. The molecule has 1 saturated heterocycles. The largest absolute Gasteiger partial charge is 0.398 e. The van der Waals surface area contributed by atoms with Gasteiger partial charge in [-0.25, -0.2) is 0 Å². The second-order valence-electron chi connectivity index (χ2n) is 5.67. The fourth-order valence-electron chi connectivity index (χ4n) is 2.60. The molecule has 0 aromatic heterocycles. The van der Waals surface area contributed by atoms with Gasteiger partial charge in [0.15, 0.2) is 0 Å². The number of rotatable bonds is 3. The summed E-state index contributed by atoms with van der Waals surface area (Å²) < 4.78 is 0. The highest BCUT2D eigenvalue weighted by atomic mass is 15.1. The lowest BCUT2D eigenvalue weighted by molar-refractivity contribution is 0.222. The summed E-state index contributed by atoms with van der Waals surface area (Å²) >= 11 is 0. The number of piperidine rings is 1. The lowest BCUT2D eigenvalue weighted by Gasteiger charge is -2.32. The van der Waals surface area contributed by atoms with Crippen LogP contribution in [0.5, 0.6) is 0 Å². The smallest absolute Gasteiger partial charge is 0.0384 e. The van der Waals surface area contributed by atoms with E-state index in [4.69, 9.17) is 5.73 Å². The summed E-state index contributed by atoms with van der Waals surface area (Å²) in [5, 5.41) is 0. The zero-order valence-electron chi connectivity index (χ0n) is 11.8. The molecule has 1 aromatic carbocycles. The Labute approximate surface area is 111 Å². The zero-order chi connectivity index (χ0) is 13.1. The van der Waals surface area contributed by atoms with Gasteiger partial charge in [-0.3, -0.25) is 0 Å². The zero-order valence-corrected chi connectivity index (χ0v) is 11.8. The summed E-state index contributed by atoms with van der Waals surface area (Å²) in [5.74, 6) is 0.814. The minimum Gasteiger partial charge on any atom is -0.398 e. The van der Waals surface area contributed by atoms with E-state index in [-0.39, 0.29) is 0 Å². The Hall–Kier alpha value is -1.22. The van der Waals surface area contributed by atoms with E-state index < -0.39 is 0 Å². The van der Waals surface area contributed by atoms with E-state index in [1.54, 1.807) is 0 Å². The van der Waals surface area contributed by atoms with Crippen LogP contribution in [0.25, 0.3) is 0 Å². The molecule has 0 saturated carbocycles. The maximum atomic E-state index is 5.98. The summed E-state index contributed by atoms with van der Waals surface area (Å²) in [6.07, 6.45) is 2.62. The van der Waals surface area contributed by atoms with Crippen LogP contribution < -0.4 is 10.6 Å². The lowest BCUT2D eigenvalue weighted by atomic mass is 9.96. The minimum absolute atomic E-state index is 0.814. The van der Waals surface area contributed by atoms with Crippen molar-refractivity contribution in [3.05, 3.63) is 23.8 Å². The molecule has 18 heavy (non-hydrogen) atoms. The number of likely N-dealkylation sites (tertiary alicyclic amines) is 1. The average molecular weight is 247 g/mol. The van der Waals surface area contributed by atoms with Crippen molar-refractivity contribution in [3.8, 4) is 0 Å². The van der Waals surface area contributed by atoms with Gasteiger partial charge in [0.2, 0.25) is 0 Å². The van der Waals surface area contributed by atoms with E-state index in [0.717, 1.165) is 23.7 Å². The van der Waals surface area contributed by atoms with Crippen LogP contribution in [-0.4, -0.2) is 38.6 Å². The van der Waals surface area contributed by atoms with Gasteiger partial charge in [-0.1, -0.05) is 6.07 Å². The Morgan fingerprint density at radius 3 is 2.61 bits per heavy atom. The molecule has 100 valence electrons. The van der Waals surface area contributed by atoms with E-state index in [9.17, 15) is 0 Å². The van der Waals surface area contributed by atoms with Crippen LogP contribution in [0.4, 0.5) is 11.4 Å². The van der Waals surface area contributed by atoms with Gasteiger partial charge >= 0.3 is 0 Å². The van der Waals surface area contributed by atoms with Crippen molar-refractivity contribution < 1.29 is 0 Å². The Balaban J connectivity index is 1.94. The quantitative estimate of drug-likeness (QED) is 0.832. The van der Waals surface area contributed by atoms with Crippen molar-refractivity contribution >= 4 is 11.4 Å². The number of benzene rings is 1. The topological polar surface area (TPSA) is 32.5 Å². The third-order valence-electron chi connectivity index (χ3n) is 4.07. The predicted molar refractivity (Wildman–Crippen MR) is 79.1 cm³/mol. The first kappa shape index (κ1) is 13.2. The van der Waals surface area contributed by atoms with Gasteiger partial charge in [-0.05, 0) is 63.5 Å². The van der Waals surface area contributed by atoms with E-state index in [0.29, 0.717) is 0 Å². The molecular weight excluding hydrogens is 222 g/mol. The lowest BCUT2D eigenvalue weighted by Crippen LogP contribution is -2.35. The molecule has 0 radical (unpaired) electrons. The molecule has 0 atom stereocenters. The summed E-state index contributed by atoms with van der Waals surface area (Å²) in [6.45, 7) is 5.65. The fourth-order valence-corrected chi connectivity index (χ4v) is 2.60. The van der Waals surface area contributed by atoms with Crippen LogP contribution in [-0.2, 0) is 0 Å². The second kappa shape index (κ2) is 5.61. The number of nitrogens with two attached hydrogens (primary N) is 1. The van der Waals surface area contributed by atoms with E-state index in [1.165, 1.54) is 31.6 Å². The summed E-state index contributed by atoms with van der Waals surface area (Å²) in [6, 6.07) is 6.36. The van der Waals surface area contributed by atoms with E-state index in [2.05, 4.69) is 49.0 Å². The Morgan fingerprint density at radius 1 is 1.33 bits per heavy atom. The first-order valence-electron chi connectivity index (χ1n) is 6.82. The summed E-state index contributed by atoms with van der Waals surface area (Å²) in [5.41, 5.74) is 9.26. The van der Waals surface area contributed by atoms with Crippen LogP contribution in [0, 0.1) is 12.8 Å². The Bertz CT molecular complexity index is 395. The van der Waals surface area contributed by atoms with Gasteiger partial charge in [0.05, 0.1) is 0 Å². The molecule has 0 bridgehead atoms. The number of hydrogen-bond donors (Lipinski definition) is 1. The van der Waals surface area contributed by atoms with Crippen molar-refractivity contribution in [2.75, 3.05) is 44.4 Å². The summed E-state index contributed by atoms with van der Waals surface area (Å²) in [4.78, 5) is 4.76. The molecule has 2 N–H and O–H groups in total. The van der Waals surface area contributed by atoms with Gasteiger partial charge < -0.3 is 15.5 Å². The third kappa shape index (κ3) is 3.16. The van der Waals surface area contributed by atoms with Crippen LogP contribution >= 0.6 is 0 Å². The van der Waals surface area contributed by atoms with Gasteiger partial charge in [0, 0.05) is 25.0 Å². The standard InChI is InChI=1S/C15H25N3/c1-12-4-5-14(10-15(12)16)18(3)11-13-6-8-17(2)9-7-13/h4-5,10,13H,6-9,11,16H2,1-3H3. The molecule has 0 unspecified atom stereocenters. The van der Waals surface area contributed by atoms with Crippen LogP contribution in [0.15, 0.2) is 18.2 Å². The predicted octanol–water partition coefficient (Wildman–Crippen LogP) is 2.36. The molecular formula is C15H25N3. The summed E-state index contributed by atoms with van der Waals surface area (Å²) in [7, 11) is 4.38. The van der Waals surface area contributed by atoms with Crippen LogP contribution in [0.1, 0.15) is 18.4 Å². The maximum Gasteiger partial charge on any atom is 0.0384 e. The van der Waals surface area contributed by atoms with Gasteiger partial charge in [-0.15, -0.1) is 0 Å². The van der Waals surface area contributed by atoms with Gasteiger partial charge in [0.25, 0.3) is 0 Å². The molecule has 1 aliphatic rings. The molecule has 1 aromatic rings. The van der Waals surface area contributed by atoms with Crippen molar-refractivity contribution in [3.63, 3.8) is 0 Å². The number of nitrogen functional groups attached to an aromatic ring is 1. The van der Waals surface area contributed by atoms with E-state index >= 15 is 0 Å². The number of aryl methyl sites for hydroxylation is 1. The van der Waals surface area contributed by atoms with Gasteiger partial charge in [0.1, 0.15) is 0 Å². The van der Waals surface area contributed by atoms with Gasteiger partial charge in [-0.2, -0.15) is 0 Å². The first-order chi connectivity index (χ1) is 8.56. The maximum absolute atomic E-state index is 5.98. The molecule has 3 nitrogen and oxygen atoms in total. The minimum atomic E-state index is 0.814. The highest BCUT2D eigenvalue weighted by Crippen LogP contribution is 2.23. The highest BCUT2D eigenvalue weighted by molar-refractivity contribution is 5.59. The van der Waals surface area contributed by atoms with Crippen LogP contribution in [0.3, 0.4) is 0 Å². The second-order valence-corrected chi connectivity index (χ2v) is 5.67. The van der Waals surface area contributed by atoms with Crippen molar-refractivity contribution in [2.45, 2.75) is 19.8 Å².